The highest BCUT2D eigenvalue weighted by Crippen LogP contribution is 2.19. The Labute approximate surface area is 166 Å². The highest BCUT2D eigenvalue weighted by atomic mass is 16.6. The number of nitro benzene ring substituents is 1. The molecule has 1 N–H and O–H groups in total. The minimum Gasteiger partial charge on any atom is -0.494 e. The third-order valence-electron chi connectivity index (χ3n) is 3.91. The first-order valence-corrected chi connectivity index (χ1v) is 8.76. The van der Waals surface area contributed by atoms with Crippen LogP contribution in [0.3, 0.4) is 0 Å². The van der Waals surface area contributed by atoms with E-state index in [0.717, 1.165) is 6.07 Å². The molecule has 9 nitrogen and oxygen atoms in total. The van der Waals surface area contributed by atoms with Gasteiger partial charge in [0.15, 0.2) is 6.61 Å². The predicted molar refractivity (Wildman–Crippen MR) is 103 cm³/mol. The zero-order chi connectivity index (χ0) is 21.4. The summed E-state index contributed by atoms with van der Waals surface area (Å²) in [5, 5.41) is 13.3. The van der Waals surface area contributed by atoms with Crippen LogP contribution < -0.4 is 10.1 Å². The van der Waals surface area contributed by atoms with E-state index in [1.165, 1.54) is 12.1 Å². The number of nitrogens with one attached hydrogen (secondary N) is 1. The van der Waals surface area contributed by atoms with Crippen LogP contribution >= 0.6 is 0 Å². The van der Waals surface area contributed by atoms with Crippen molar-refractivity contribution in [1.29, 1.82) is 0 Å². The number of carbonyl (C=O) groups is 3. The Balaban J connectivity index is 1.83. The van der Waals surface area contributed by atoms with Gasteiger partial charge in [0.2, 0.25) is 5.78 Å². The van der Waals surface area contributed by atoms with E-state index in [2.05, 4.69) is 5.32 Å². The van der Waals surface area contributed by atoms with Gasteiger partial charge < -0.3 is 14.8 Å². The fourth-order valence-corrected chi connectivity index (χ4v) is 2.38. The lowest BCUT2D eigenvalue weighted by molar-refractivity contribution is -0.385. The van der Waals surface area contributed by atoms with Gasteiger partial charge in [0.25, 0.3) is 11.6 Å². The van der Waals surface area contributed by atoms with Crippen LogP contribution in [0, 0.1) is 17.0 Å². The monoisotopic (exact) mass is 400 g/mol. The average molecular weight is 400 g/mol. The van der Waals surface area contributed by atoms with Gasteiger partial charge in [-0.1, -0.05) is 12.1 Å². The first kappa shape index (κ1) is 21.5. The summed E-state index contributed by atoms with van der Waals surface area (Å²) in [5.74, 6) is -1.25. The molecule has 29 heavy (non-hydrogen) atoms. The third-order valence-corrected chi connectivity index (χ3v) is 3.91. The Hall–Kier alpha value is -3.75. The molecule has 1 amide bonds. The quantitative estimate of drug-likeness (QED) is 0.297. The van der Waals surface area contributed by atoms with Crippen molar-refractivity contribution in [1.82, 2.24) is 5.32 Å². The number of aryl methyl sites for hydroxylation is 1. The van der Waals surface area contributed by atoms with Crippen LogP contribution in [0.5, 0.6) is 5.75 Å². The number of esters is 1. The normalized spacial score (nSPS) is 10.1. The van der Waals surface area contributed by atoms with Crippen LogP contribution in [0.4, 0.5) is 5.69 Å². The molecule has 0 aliphatic heterocycles. The molecule has 0 bridgehead atoms. The first-order valence-electron chi connectivity index (χ1n) is 8.76. The number of ether oxygens (including phenoxy) is 2. The van der Waals surface area contributed by atoms with Gasteiger partial charge in [-0.15, -0.1) is 0 Å². The lowest BCUT2D eigenvalue weighted by Crippen LogP contribution is -2.31. The molecule has 0 spiro atoms. The highest BCUT2D eigenvalue weighted by Gasteiger charge is 2.17. The van der Waals surface area contributed by atoms with Crippen LogP contribution in [0.2, 0.25) is 0 Å². The van der Waals surface area contributed by atoms with E-state index < -0.39 is 35.7 Å². The smallest absolute Gasteiger partial charge is 0.325 e. The molecule has 2 aromatic rings. The molecule has 0 atom stereocenters. The molecular weight excluding hydrogens is 380 g/mol. The maximum absolute atomic E-state index is 12.1. The summed E-state index contributed by atoms with van der Waals surface area (Å²) in [5.41, 5.74) is 0.628. The summed E-state index contributed by atoms with van der Waals surface area (Å²) in [6, 6.07) is 10.4. The second kappa shape index (κ2) is 9.98. The maximum atomic E-state index is 12.1. The van der Waals surface area contributed by atoms with Crippen molar-refractivity contribution in [3.05, 3.63) is 69.3 Å². The first-order chi connectivity index (χ1) is 13.8. The Morgan fingerprint density at radius 3 is 2.34 bits per heavy atom. The zero-order valence-corrected chi connectivity index (χ0v) is 16.0. The zero-order valence-electron chi connectivity index (χ0n) is 16.0. The standard InChI is InChI=1S/C20H20N2O7/c1-3-28-16-8-6-14(7-9-16)20(25)21-11-19(24)29-12-18(23)15-5-4-13(2)17(10-15)22(26)27/h4-10H,3,11-12H2,1-2H3,(H,21,25). The average Bonchev–Trinajstić information content (AvgIpc) is 2.71. The molecule has 0 aliphatic carbocycles. The summed E-state index contributed by atoms with van der Waals surface area (Å²) in [4.78, 5) is 46.2. The number of carbonyl (C=O) groups excluding carboxylic acids is 3. The van der Waals surface area contributed by atoms with Crippen LogP contribution in [0.25, 0.3) is 0 Å². The summed E-state index contributed by atoms with van der Waals surface area (Å²) in [6.45, 7) is 2.90. The summed E-state index contributed by atoms with van der Waals surface area (Å²) >= 11 is 0. The van der Waals surface area contributed by atoms with Crippen molar-refractivity contribution in [2.45, 2.75) is 13.8 Å². The van der Waals surface area contributed by atoms with E-state index in [-0.39, 0.29) is 11.3 Å². The Morgan fingerprint density at radius 2 is 1.72 bits per heavy atom. The van der Waals surface area contributed by atoms with E-state index in [0.29, 0.717) is 23.5 Å². The fourth-order valence-electron chi connectivity index (χ4n) is 2.38. The van der Waals surface area contributed by atoms with E-state index >= 15 is 0 Å². The second-order valence-corrected chi connectivity index (χ2v) is 5.98. The number of nitro groups is 1. The van der Waals surface area contributed by atoms with Gasteiger partial charge in [0, 0.05) is 22.8 Å². The Kier molecular flexibility index (Phi) is 7.41. The molecule has 0 aromatic heterocycles. The number of Topliss-reactive ketones (excluding diaryl/α,β-unsaturated/α-hetero) is 1. The van der Waals surface area contributed by atoms with Crippen LogP contribution in [0.1, 0.15) is 33.2 Å². The molecule has 0 radical (unpaired) electrons. The Bertz CT molecular complexity index is 923. The van der Waals surface area contributed by atoms with Gasteiger partial charge in [-0.3, -0.25) is 24.5 Å². The molecule has 9 heteroatoms. The highest BCUT2D eigenvalue weighted by molar-refractivity contribution is 5.99. The molecule has 0 saturated heterocycles. The van der Waals surface area contributed by atoms with Crippen LogP contribution in [-0.4, -0.2) is 42.3 Å². The number of hydrogen-bond acceptors (Lipinski definition) is 7. The number of nitrogens with zero attached hydrogens (tertiary/aromatic N) is 1. The largest absolute Gasteiger partial charge is 0.494 e. The van der Waals surface area contributed by atoms with Crippen molar-refractivity contribution in [3.8, 4) is 5.75 Å². The molecule has 0 saturated carbocycles. The van der Waals surface area contributed by atoms with Gasteiger partial charge in [-0.05, 0) is 38.1 Å². The van der Waals surface area contributed by atoms with Crippen molar-refractivity contribution in [2.24, 2.45) is 0 Å². The molecular formula is C20H20N2O7. The molecule has 152 valence electrons. The summed E-state index contributed by atoms with van der Waals surface area (Å²) in [7, 11) is 0. The Morgan fingerprint density at radius 1 is 1.07 bits per heavy atom. The van der Waals surface area contributed by atoms with Gasteiger partial charge in [0.05, 0.1) is 11.5 Å². The summed E-state index contributed by atoms with van der Waals surface area (Å²) < 4.78 is 10.1. The topological polar surface area (TPSA) is 125 Å². The van der Waals surface area contributed by atoms with E-state index in [1.807, 2.05) is 6.92 Å². The van der Waals surface area contributed by atoms with Crippen molar-refractivity contribution >= 4 is 23.3 Å². The third kappa shape index (κ3) is 6.13. The predicted octanol–water partition coefficient (Wildman–Crippen LogP) is 2.46. The van der Waals surface area contributed by atoms with Crippen LogP contribution in [-0.2, 0) is 9.53 Å². The molecule has 0 fully saturated rings. The van der Waals surface area contributed by atoms with E-state index in [1.54, 1.807) is 31.2 Å². The minimum atomic E-state index is -0.806. The van der Waals surface area contributed by atoms with E-state index in [9.17, 15) is 24.5 Å². The van der Waals surface area contributed by atoms with Crippen LogP contribution in [0.15, 0.2) is 42.5 Å². The summed E-state index contributed by atoms with van der Waals surface area (Å²) in [6.07, 6.45) is 0. The molecule has 2 rings (SSSR count). The lowest BCUT2D eigenvalue weighted by Gasteiger charge is -2.07. The fraction of sp³-hybridized carbons (Fsp3) is 0.250. The van der Waals surface area contributed by atoms with Gasteiger partial charge in [-0.25, -0.2) is 0 Å². The van der Waals surface area contributed by atoms with Gasteiger partial charge in [-0.2, -0.15) is 0 Å². The number of ketones is 1. The maximum Gasteiger partial charge on any atom is 0.325 e. The SMILES string of the molecule is CCOc1ccc(C(=O)NCC(=O)OCC(=O)c2ccc(C)c([N+](=O)[O-])c2)cc1. The minimum absolute atomic E-state index is 0.0634. The second-order valence-electron chi connectivity index (χ2n) is 5.98. The molecule has 0 heterocycles. The van der Waals surface area contributed by atoms with E-state index in [4.69, 9.17) is 9.47 Å². The van der Waals surface area contributed by atoms with Gasteiger partial charge >= 0.3 is 5.97 Å². The number of amides is 1. The van der Waals surface area contributed by atoms with Crippen molar-refractivity contribution in [3.63, 3.8) is 0 Å². The number of rotatable bonds is 9. The molecule has 0 aliphatic rings. The molecule has 0 unspecified atom stereocenters. The van der Waals surface area contributed by atoms with Crippen molar-refractivity contribution in [2.75, 3.05) is 19.8 Å². The number of benzene rings is 2. The number of hydrogen-bond donors (Lipinski definition) is 1. The van der Waals surface area contributed by atoms with Crippen molar-refractivity contribution < 1.29 is 28.8 Å². The van der Waals surface area contributed by atoms with Gasteiger partial charge in [0.1, 0.15) is 12.3 Å². The molecule has 2 aromatic carbocycles. The lowest BCUT2D eigenvalue weighted by atomic mass is 10.1.